The van der Waals surface area contributed by atoms with Crippen molar-refractivity contribution in [3.63, 3.8) is 0 Å². The van der Waals surface area contributed by atoms with Crippen LogP contribution in [0.15, 0.2) is 67.1 Å². The lowest BCUT2D eigenvalue weighted by molar-refractivity contribution is 0.432. The van der Waals surface area contributed by atoms with Gasteiger partial charge in [0.2, 0.25) is 10.0 Å². The topological polar surface area (TPSA) is 106 Å². The Bertz CT molecular complexity index is 1400. The average molecular weight is 477 g/mol. The molecule has 34 heavy (non-hydrogen) atoms. The molecule has 3 heterocycles. The molecule has 1 fully saturated rings. The number of aromatic nitrogens is 3. The number of benzene rings is 2. The Morgan fingerprint density at radius 2 is 1.59 bits per heavy atom. The summed E-state index contributed by atoms with van der Waals surface area (Å²) in [7, 11) is -3.56. The molecule has 5 rings (SSSR count). The van der Waals surface area contributed by atoms with E-state index in [-0.39, 0.29) is 5.75 Å². The van der Waals surface area contributed by atoms with Crippen LogP contribution in [0.2, 0.25) is 0 Å². The lowest BCUT2D eigenvalue weighted by atomic mass is 10.0. The van der Waals surface area contributed by atoms with E-state index in [1.165, 1.54) is 5.69 Å². The van der Waals surface area contributed by atoms with Gasteiger partial charge in [-0.3, -0.25) is 0 Å². The summed E-state index contributed by atoms with van der Waals surface area (Å²) in [6, 6.07) is 16.8. The Balaban J connectivity index is 1.39. The second-order valence-corrected chi connectivity index (χ2v) is 10.6. The highest BCUT2D eigenvalue weighted by molar-refractivity contribution is 7.88. The van der Waals surface area contributed by atoms with Crippen LogP contribution < -0.4 is 15.4 Å². The van der Waals surface area contributed by atoms with E-state index in [4.69, 9.17) is 5.14 Å². The standard InChI is InChI=1S/C25H28N6O2S/c1-17-11-27-12-18(2)31(17)23-9-7-20(8-10-23)22-13-28-25-24(14-29-30(25)15-22)21-5-3-19(4-6-21)16-34(26,32)33/h3-10,13-15,17-18,27H,11-12,16H2,1-2H3,(H2,26,32,33)/t17-,18+. The van der Waals surface area contributed by atoms with Gasteiger partial charge in [-0.05, 0) is 42.7 Å². The van der Waals surface area contributed by atoms with Crippen LogP contribution in [0.3, 0.4) is 0 Å². The van der Waals surface area contributed by atoms with Gasteiger partial charge in [0, 0.05) is 54.4 Å². The Labute approximate surface area is 199 Å². The third-order valence-corrected chi connectivity index (χ3v) is 7.05. The van der Waals surface area contributed by atoms with Gasteiger partial charge in [0.1, 0.15) is 0 Å². The number of rotatable bonds is 5. The molecule has 9 heteroatoms. The van der Waals surface area contributed by atoms with Crippen molar-refractivity contribution < 1.29 is 8.42 Å². The van der Waals surface area contributed by atoms with Gasteiger partial charge >= 0.3 is 0 Å². The minimum Gasteiger partial charge on any atom is -0.364 e. The molecule has 2 aromatic carbocycles. The van der Waals surface area contributed by atoms with Gasteiger partial charge in [0.25, 0.3) is 0 Å². The summed E-state index contributed by atoms with van der Waals surface area (Å²) >= 11 is 0. The van der Waals surface area contributed by atoms with Crippen LogP contribution in [-0.4, -0.2) is 48.2 Å². The maximum atomic E-state index is 11.3. The summed E-state index contributed by atoms with van der Waals surface area (Å²) in [4.78, 5) is 7.15. The first kappa shape index (κ1) is 22.5. The maximum Gasteiger partial charge on any atom is 0.213 e. The molecule has 0 aliphatic carbocycles. The molecular weight excluding hydrogens is 448 g/mol. The zero-order chi connectivity index (χ0) is 23.9. The van der Waals surface area contributed by atoms with Crippen molar-refractivity contribution in [2.24, 2.45) is 5.14 Å². The van der Waals surface area contributed by atoms with E-state index in [0.29, 0.717) is 17.6 Å². The fraction of sp³-hybridized carbons (Fsp3) is 0.280. The minimum atomic E-state index is -3.56. The van der Waals surface area contributed by atoms with Gasteiger partial charge < -0.3 is 10.2 Å². The van der Waals surface area contributed by atoms with Gasteiger partial charge in [-0.2, -0.15) is 5.10 Å². The zero-order valence-electron chi connectivity index (χ0n) is 19.2. The minimum absolute atomic E-state index is 0.186. The van der Waals surface area contributed by atoms with Crippen molar-refractivity contribution in [3.8, 4) is 22.3 Å². The molecule has 1 aliphatic rings. The second-order valence-electron chi connectivity index (χ2n) is 8.98. The van der Waals surface area contributed by atoms with Crippen molar-refractivity contribution in [1.82, 2.24) is 19.9 Å². The van der Waals surface area contributed by atoms with Crippen molar-refractivity contribution in [2.75, 3.05) is 18.0 Å². The van der Waals surface area contributed by atoms with Crippen LogP contribution in [0.1, 0.15) is 19.4 Å². The Morgan fingerprint density at radius 3 is 2.24 bits per heavy atom. The lowest BCUT2D eigenvalue weighted by Crippen LogP contribution is -2.55. The van der Waals surface area contributed by atoms with Crippen LogP contribution in [0.25, 0.3) is 27.9 Å². The Kier molecular flexibility index (Phi) is 5.85. The molecule has 0 spiro atoms. The quantitative estimate of drug-likeness (QED) is 0.459. The first-order valence-electron chi connectivity index (χ1n) is 11.3. The molecule has 1 saturated heterocycles. The molecule has 0 saturated carbocycles. The van der Waals surface area contributed by atoms with E-state index >= 15 is 0 Å². The normalized spacial score (nSPS) is 19.0. The SMILES string of the molecule is C[C@@H]1CNC[C@H](C)N1c1ccc(-c2cnc3c(-c4ccc(CS(N)(=O)=O)cc4)cnn3c2)cc1. The number of sulfonamides is 1. The number of primary sulfonamides is 1. The molecule has 176 valence electrons. The third kappa shape index (κ3) is 4.54. The van der Waals surface area contributed by atoms with E-state index in [0.717, 1.165) is 41.0 Å². The number of fused-ring (bicyclic) bond motifs is 1. The number of nitrogens with one attached hydrogen (secondary N) is 1. The summed E-state index contributed by atoms with van der Waals surface area (Å²) in [5, 5.41) is 13.1. The summed E-state index contributed by atoms with van der Waals surface area (Å²) in [5.74, 6) is -0.186. The number of hydrogen-bond acceptors (Lipinski definition) is 6. The first-order chi connectivity index (χ1) is 16.3. The fourth-order valence-electron chi connectivity index (χ4n) is 4.71. The van der Waals surface area contributed by atoms with E-state index in [1.807, 2.05) is 24.5 Å². The van der Waals surface area contributed by atoms with Crippen molar-refractivity contribution in [2.45, 2.75) is 31.7 Å². The number of piperazine rings is 1. The van der Waals surface area contributed by atoms with Gasteiger partial charge in [-0.15, -0.1) is 0 Å². The fourth-order valence-corrected chi connectivity index (χ4v) is 5.36. The van der Waals surface area contributed by atoms with E-state index in [2.05, 4.69) is 58.4 Å². The number of nitrogens with zero attached hydrogens (tertiary/aromatic N) is 4. The van der Waals surface area contributed by atoms with E-state index in [9.17, 15) is 8.42 Å². The molecule has 3 N–H and O–H groups in total. The largest absolute Gasteiger partial charge is 0.364 e. The molecule has 0 radical (unpaired) electrons. The van der Waals surface area contributed by atoms with Crippen molar-refractivity contribution in [1.29, 1.82) is 0 Å². The highest BCUT2D eigenvalue weighted by atomic mass is 32.2. The maximum absolute atomic E-state index is 11.3. The van der Waals surface area contributed by atoms with Crippen LogP contribution >= 0.6 is 0 Å². The van der Waals surface area contributed by atoms with Crippen molar-refractivity contribution >= 4 is 21.4 Å². The van der Waals surface area contributed by atoms with Gasteiger partial charge in [0.15, 0.2) is 5.65 Å². The van der Waals surface area contributed by atoms with Gasteiger partial charge in [-0.25, -0.2) is 23.1 Å². The summed E-state index contributed by atoms with van der Waals surface area (Å²) in [5.41, 5.74) is 6.47. The third-order valence-electron chi connectivity index (χ3n) is 6.32. The highest BCUT2D eigenvalue weighted by Crippen LogP contribution is 2.28. The predicted molar refractivity (Wildman–Crippen MR) is 135 cm³/mol. The average Bonchev–Trinajstić information content (AvgIpc) is 3.22. The van der Waals surface area contributed by atoms with E-state index < -0.39 is 10.0 Å². The van der Waals surface area contributed by atoms with Crippen LogP contribution in [-0.2, 0) is 15.8 Å². The summed E-state index contributed by atoms with van der Waals surface area (Å²) in [6.45, 7) is 6.47. The highest BCUT2D eigenvalue weighted by Gasteiger charge is 2.24. The number of anilines is 1. The lowest BCUT2D eigenvalue weighted by Gasteiger charge is -2.41. The van der Waals surface area contributed by atoms with Crippen LogP contribution in [0.5, 0.6) is 0 Å². The van der Waals surface area contributed by atoms with Gasteiger partial charge in [-0.1, -0.05) is 36.4 Å². The smallest absolute Gasteiger partial charge is 0.213 e. The second kappa shape index (κ2) is 8.83. The summed E-state index contributed by atoms with van der Waals surface area (Å²) in [6.07, 6.45) is 5.62. The Morgan fingerprint density at radius 1 is 0.941 bits per heavy atom. The molecule has 0 unspecified atom stereocenters. The monoisotopic (exact) mass is 476 g/mol. The first-order valence-corrected chi connectivity index (χ1v) is 13.0. The molecule has 8 nitrogen and oxygen atoms in total. The van der Waals surface area contributed by atoms with Gasteiger partial charge in [0.05, 0.1) is 11.9 Å². The summed E-state index contributed by atoms with van der Waals surface area (Å²) < 4.78 is 24.4. The van der Waals surface area contributed by atoms with Crippen LogP contribution in [0, 0.1) is 0 Å². The van der Waals surface area contributed by atoms with E-state index in [1.54, 1.807) is 22.8 Å². The molecule has 2 atom stereocenters. The van der Waals surface area contributed by atoms with Crippen LogP contribution in [0.4, 0.5) is 5.69 Å². The molecule has 4 aromatic rings. The number of hydrogen-bond donors (Lipinski definition) is 2. The predicted octanol–water partition coefficient (Wildman–Crippen LogP) is 3.04. The number of nitrogens with two attached hydrogens (primary N) is 1. The molecular formula is C25H28N6O2S. The Hall–Kier alpha value is -3.27. The molecule has 1 aliphatic heterocycles. The zero-order valence-corrected chi connectivity index (χ0v) is 20.0. The molecule has 0 amide bonds. The van der Waals surface area contributed by atoms with Crippen molar-refractivity contribution in [3.05, 3.63) is 72.7 Å². The molecule has 2 aromatic heterocycles. The molecule has 0 bridgehead atoms.